The molecule has 22 heavy (non-hydrogen) atoms. The van der Waals surface area contributed by atoms with Crippen LogP contribution in [0, 0.1) is 0 Å². The Morgan fingerprint density at radius 2 is 1.55 bits per heavy atom. The fourth-order valence-electron chi connectivity index (χ4n) is 2.33. The Bertz CT molecular complexity index is 383. The van der Waals surface area contributed by atoms with E-state index in [0.717, 1.165) is 21.5 Å². The summed E-state index contributed by atoms with van der Waals surface area (Å²) in [5.74, 6) is 1.58. The monoisotopic (exact) mass is 435 g/mol. The molecule has 0 fully saturated rings. The van der Waals surface area contributed by atoms with E-state index in [1.807, 2.05) is 13.8 Å². The maximum atomic E-state index is 5.65. The van der Waals surface area contributed by atoms with Crippen LogP contribution in [0.3, 0.4) is 0 Å². The van der Waals surface area contributed by atoms with Crippen molar-refractivity contribution < 1.29 is 4.74 Å². The number of aliphatic imine (C=N–C) groups is 1. The quantitative estimate of drug-likeness (QED) is 0.343. The number of allylic oxidation sites excluding steroid dienone is 1. The van der Waals surface area contributed by atoms with Gasteiger partial charge in [0.25, 0.3) is 0 Å². The standard InChI is InChI=1S/C16H25Br2NO.C2H6/c1-3-4-5-6-7-8-9-10-11-13-12-14(15(17)18)20-16(13)19-2;1-2/h12H,3-11H2,1-2H3;1-2H3. The van der Waals surface area contributed by atoms with Gasteiger partial charge in [0.1, 0.15) is 3.39 Å². The van der Waals surface area contributed by atoms with Gasteiger partial charge in [-0.1, -0.05) is 65.7 Å². The van der Waals surface area contributed by atoms with Gasteiger partial charge in [0, 0.05) is 12.6 Å². The molecule has 0 atom stereocenters. The van der Waals surface area contributed by atoms with Gasteiger partial charge in [-0.15, -0.1) is 0 Å². The van der Waals surface area contributed by atoms with Crippen molar-refractivity contribution in [2.75, 3.05) is 7.05 Å². The van der Waals surface area contributed by atoms with Crippen LogP contribution in [0.5, 0.6) is 0 Å². The van der Waals surface area contributed by atoms with E-state index >= 15 is 0 Å². The highest BCUT2D eigenvalue weighted by Crippen LogP contribution is 2.30. The Hall–Kier alpha value is -0.0900. The fourth-order valence-corrected chi connectivity index (χ4v) is 2.72. The van der Waals surface area contributed by atoms with Crippen molar-refractivity contribution in [2.45, 2.75) is 78.6 Å². The van der Waals surface area contributed by atoms with Gasteiger partial charge in [0.15, 0.2) is 5.76 Å². The molecule has 128 valence electrons. The number of hydrogen-bond acceptors (Lipinski definition) is 2. The second kappa shape index (κ2) is 14.5. The number of unbranched alkanes of at least 4 members (excludes halogenated alkanes) is 7. The van der Waals surface area contributed by atoms with Crippen LogP contribution >= 0.6 is 31.9 Å². The lowest BCUT2D eigenvalue weighted by Crippen LogP contribution is -2.00. The number of hydrogen-bond donors (Lipinski definition) is 0. The SMILES string of the molecule is CC.CCCCCCCCCCC1=CC(=C(Br)Br)OC1=NC. The summed E-state index contributed by atoms with van der Waals surface area (Å²) < 4.78 is 6.49. The molecule has 0 aromatic rings. The van der Waals surface area contributed by atoms with Gasteiger partial charge in [-0.25, -0.2) is 0 Å². The van der Waals surface area contributed by atoms with Crippen molar-refractivity contribution in [1.82, 2.24) is 0 Å². The van der Waals surface area contributed by atoms with Crippen LogP contribution in [-0.2, 0) is 4.74 Å². The predicted molar refractivity (Wildman–Crippen MR) is 106 cm³/mol. The molecule has 1 aliphatic heterocycles. The molecule has 0 aromatic carbocycles. The largest absolute Gasteiger partial charge is 0.437 e. The van der Waals surface area contributed by atoms with Crippen molar-refractivity contribution in [2.24, 2.45) is 4.99 Å². The molecule has 0 saturated carbocycles. The van der Waals surface area contributed by atoms with Crippen molar-refractivity contribution in [3.63, 3.8) is 0 Å². The van der Waals surface area contributed by atoms with Gasteiger partial charge in [-0.05, 0) is 50.8 Å². The van der Waals surface area contributed by atoms with E-state index in [2.05, 4.69) is 49.9 Å². The molecule has 0 aromatic heterocycles. The lowest BCUT2D eigenvalue weighted by atomic mass is 10.0. The fraction of sp³-hybridized carbons (Fsp3) is 0.722. The molecule has 0 amide bonds. The molecule has 0 spiro atoms. The first-order valence-corrected chi connectivity index (χ1v) is 10.2. The minimum atomic E-state index is 0.763. The summed E-state index contributed by atoms with van der Waals surface area (Å²) >= 11 is 6.76. The van der Waals surface area contributed by atoms with Gasteiger partial charge in [0.2, 0.25) is 5.90 Å². The van der Waals surface area contributed by atoms with Crippen molar-refractivity contribution in [3.8, 4) is 0 Å². The number of rotatable bonds is 9. The summed E-state index contributed by atoms with van der Waals surface area (Å²) in [4.78, 5) is 4.20. The Morgan fingerprint density at radius 3 is 2.05 bits per heavy atom. The number of halogens is 2. The van der Waals surface area contributed by atoms with Gasteiger partial charge >= 0.3 is 0 Å². The summed E-state index contributed by atoms with van der Waals surface area (Å²) in [6.07, 6.45) is 13.9. The van der Waals surface area contributed by atoms with Crippen molar-refractivity contribution in [1.29, 1.82) is 0 Å². The summed E-state index contributed by atoms with van der Waals surface area (Å²) in [6.45, 7) is 6.26. The molecule has 1 aliphatic rings. The summed E-state index contributed by atoms with van der Waals surface area (Å²) in [7, 11) is 1.78. The molecule has 2 nitrogen and oxygen atoms in total. The molecule has 1 heterocycles. The molecule has 4 heteroatoms. The highest BCUT2D eigenvalue weighted by molar-refractivity contribution is 9.28. The third-order valence-electron chi connectivity index (χ3n) is 3.48. The Labute approximate surface area is 153 Å². The average Bonchev–Trinajstić information content (AvgIpc) is 2.95. The zero-order valence-corrected chi connectivity index (χ0v) is 17.7. The van der Waals surface area contributed by atoms with Gasteiger partial charge in [-0.2, -0.15) is 0 Å². The van der Waals surface area contributed by atoms with E-state index in [4.69, 9.17) is 4.74 Å². The second-order valence-corrected chi connectivity index (χ2v) is 7.80. The smallest absolute Gasteiger partial charge is 0.217 e. The molecule has 0 N–H and O–H groups in total. The summed E-state index contributed by atoms with van der Waals surface area (Å²) in [5.41, 5.74) is 1.21. The van der Waals surface area contributed by atoms with Gasteiger partial charge < -0.3 is 4.74 Å². The normalized spacial score (nSPS) is 15.3. The molecule has 0 radical (unpaired) electrons. The van der Waals surface area contributed by atoms with Crippen LogP contribution in [0.1, 0.15) is 78.6 Å². The Morgan fingerprint density at radius 1 is 1.00 bits per heavy atom. The average molecular weight is 437 g/mol. The van der Waals surface area contributed by atoms with E-state index in [-0.39, 0.29) is 0 Å². The van der Waals surface area contributed by atoms with Crippen LogP contribution < -0.4 is 0 Å². The molecular weight excluding hydrogens is 406 g/mol. The predicted octanol–water partition coefficient (Wildman–Crippen LogP) is 7.49. The Balaban J connectivity index is 0.00000211. The van der Waals surface area contributed by atoms with Crippen LogP contribution in [0.15, 0.2) is 25.8 Å². The summed E-state index contributed by atoms with van der Waals surface area (Å²) in [5, 5.41) is 0. The first-order valence-electron chi connectivity index (χ1n) is 8.60. The molecule has 0 unspecified atom stereocenters. The van der Waals surface area contributed by atoms with E-state index in [0.29, 0.717) is 0 Å². The van der Waals surface area contributed by atoms with Crippen LogP contribution in [-0.4, -0.2) is 12.9 Å². The van der Waals surface area contributed by atoms with E-state index in [9.17, 15) is 0 Å². The third-order valence-corrected chi connectivity index (χ3v) is 4.26. The first-order chi connectivity index (χ1) is 10.7. The maximum Gasteiger partial charge on any atom is 0.217 e. The van der Waals surface area contributed by atoms with Crippen LogP contribution in [0.4, 0.5) is 0 Å². The van der Waals surface area contributed by atoms with E-state index < -0.39 is 0 Å². The number of ether oxygens (including phenoxy) is 1. The third kappa shape index (κ3) is 9.14. The zero-order chi connectivity index (χ0) is 16.8. The lowest BCUT2D eigenvalue weighted by Gasteiger charge is -2.04. The highest BCUT2D eigenvalue weighted by atomic mass is 79.9. The van der Waals surface area contributed by atoms with Gasteiger partial charge in [0.05, 0.1) is 0 Å². The zero-order valence-electron chi connectivity index (χ0n) is 14.6. The molecule has 0 saturated heterocycles. The minimum absolute atomic E-state index is 0.763. The topological polar surface area (TPSA) is 21.6 Å². The highest BCUT2D eigenvalue weighted by Gasteiger charge is 2.19. The second-order valence-electron chi connectivity index (χ2n) is 5.15. The first kappa shape index (κ1) is 21.9. The van der Waals surface area contributed by atoms with Crippen molar-refractivity contribution in [3.05, 3.63) is 20.8 Å². The van der Waals surface area contributed by atoms with E-state index in [1.165, 1.54) is 56.9 Å². The lowest BCUT2D eigenvalue weighted by molar-refractivity contribution is 0.448. The maximum absolute atomic E-state index is 5.65. The molecule has 1 rings (SSSR count). The van der Waals surface area contributed by atoms with Crippen LogP contribution in [0.25, 0.3) is 0 Å². The molecule has 0 aliphatic carbocycles. The molecule has 0 bridgehead atoms. The van der Waals surface area contributed by atoms with Gasteiger partial charge in [-0.3, -0.25) is 4.99 Å². The molecular formula is C18H31Br2NO. The number of nitrogens with zero attached hydrogens (tertiary/aromatic N) is 1. The van der Waals surface area contributed by atoms with Crippen molar-refractivity contribution >= 4 is 37.8 Å². The van der Waals surface area contributed by atoms with Crippen LogP contribution in [0.2, 0.25) is 0 Å². The summed E-state index contributed by atoms with van der Waals surface area (Å²) in [6, 6.07) is 0. The Kier molecular flexibility index (Phi) is 14.4. The minimum Gasteiger partial charge on any atom is -0.437 e. The van der Waals surface area contributed by atoms with E-state index in [1.54, 1.807) is 7.05 Å².